The van der Waals surface area contributed by atoms with Gasteiger partial charge in [0, 0.05) is 17.7 Å². The Labute approximate surface area is 248 Å². The number of amides is 2. The number of carbonyl (C=O) groups excluding carboxylic acids is 3. The summed E-state index contributed by atoms with van der Waals surface area (Å²) < 4.78 is 42.6. The minimum Gasteiger partial charge on any atom is -0.619 e. The molecule has 2 N–H and O–H groups in total. The van der Waals surface area contributed by atoms with Crippen LogP contribution in [0.25, 0.3) is 0 Å². The van der Waals surface area contributed by atoms with Crippen molar-refractivity contribution in [3.05, 3.63) is 86.3 Å². The van der Waals surface area contributed by atoms with Gasteiger partial charge in [0.2, 0.25) is 0 Å². The molecular formula is C28H23Cl2F2N3O7. The molecule has 1 saturated carbocycles. The Bertz CT molecular complexity index is 1550. The minimum absolute atomic E-state index is 0.00124. The van der Waals surface area contributed by atoms with Crippen molar-refractivity contribution in [1.29, 1.82) is 0 Å². The van der Waals surface area contributed by atoms with E-state index in [-0.39, 0.29) is 68.4 Å². The lowest BCUT2D eigenvalue weighted by molar-refractivity contribution is -0.605. The number of halogens is 4. The van der Waals surface area contributed by atoms with E-state index < -0.39 is 37.0 Å². The summed E-state index contributed by atoms with van der Waals surface area (Å²) in [5, 5.41) is 11.7. The van der Waals surface area contributed by atoms with Gasteiger partial charge in [0.15, 0.2) is 23.9 Å². The van der Waals surface area contributed by atoms with Crippen molar-refractivity contribution in [2.24, 2.45) is 5.92 Å². The summed E-state index contributed by atoms with van der Waals surface area (Å²) in [5.74, 6) is -2.29. The number of aromatic nitrogens is 1. The topological polar surface area (TPSA) is 135 Å². The smallest absolute Gasteiger partial charge is 0.387 e. The number of carbonyl (C=O) groups is 3. The number of nitrogens with two attached hydrogens (primary N) is 1. The van der Waals surface area contributed by atoms with Crippen LogP contribution in [-0.2, 0) is 16.0 Å². The maximum Gasteiger partial charge on any atom is 0.387 e. The number of imide groups is 1. The largest absolute Gasteiger partial charge is 0.619 e. The van der Waals surface area contributed by atoms with Crippen molar-refractivity contribution in [1.82, 2.24) is 4.90 Å². The van der Waals surface area contributed by atoms with Gasteiger partial charge in [-0.2, -0.15) is 13.5 Å². The summed E-state index contributed by atoms with van der Waals surface area (Å²) in [6.07, 6.45) is 2.70. The van der Waals surface area contributed by atoms with Crippen molar-refractivity contribution in [3.63, 3.8) is 0 Å². The number of hydrogen-bond acceptors (Lipinski definition) is 8. The molecule has 2 aromatic carbocycles. The molecule has 0 saturated heterocycles. The molecule has 1 atom stereocenters. The van der Waals surface area contributed by atoms with Gasteiger partial charge in [-0.3, -0.25) is 19.3 Å². The first-order chi connectivity index (χ1) is 20.0. The molecule has 0 radical (unpaired) electrons. The average Bonchev–Trinajstić information content (AvgIpc) is 3.72. The van der Waals surface area contributed by atoms with Gasteiger partial charge in [-0.1, -0.05) is 29.3 Å². The molecule has 1 aliphatic carbocycles. The Morgan fingerprint density at radius 2 is 1.74 bits per heavy atom. The maximum absolute atomic E-state index is 13.2. The van der Waals surface area contributed by atoms with E-state index in [1.54, 1.807) is 0 Å². The first-order valence-electron chi connectivity index (χ1n) is 12.7. The fraction of sp³-hybridized carbons (Fsp3) is 0.286. The molecule has 1 aliphatic heterocycles. The highest BCUT2D eigenvalue weighted by atomic mass is 35.5. The van der Waals surface area contributed by atoms with Crippen LogP contribution < -0.4 is 19.9 Å². The second-order valence-corrected chi connectivity index (χ2v) is 10.6. The number of esters is 1. The van der Waals surface area contributed by atoms with E-state index in [4.69, 9.17) is 38.4 Å². The number of ether oxygens (including phenoxy) is 3. The molecule has 0 unspecified atom stereocenters. The molecule has 42 heavy (non-hydrogen) atoms. The Morgan fingerprint density at radius 1 is 1.05 bits per heavy atom. The summed E-state index contributed by atoms with van der Waals surface area (Å²) in [6.45, 7) is -3.56. The summed E-state index contributed by atoms with van der Waals surface area (Å²) in [7, 11) is 0. The average molecular weight is 622 g/mol. The van der Waals surface area contributed by atoms with Crippen LogP contribution >= 0.6 is 23.2 Å². The van der Waals surface area contributed by atoms with Gasteiger partial charge < -0.3 is 25.2 Å². The van der Waals surface area contributed by atoms with Gasteiger partial charge in [0.1, 0.15) is 22.7 Å². The number of fused-ring (bicyclic) bond motifs is 1. The van der Waals surface area contributed by atoms with Crippen molar-refractivity contribution in [3.8, 4) is 11.5 Å². The van der Waals surface area contributed by atoms with Crippen molar-refractivity contribution >= 4 is 46.7 Å². The standard InChI is InChI=1S/C28H23Cl2F2N3O7/c29-20-10-34(39)11-21(30)19(20)9-23(15-3-6-22(42-28(31)32)24(7-15)40-13-14-1-2-14)41-25(36)12-35-26(37)17-5-4-16(33)8-18(17)27(35)38/h3-8,10-11,14,23,28H,1-2,9,12-13,33H2/t23-/m0/s1. The Hall–Kier alpha value is -4.16. The van der Waals surface area contributed by atoms with E-state index in [0.29, 0.717) is 4.73 Å². The van der Waals surface area contributed by atoms with E-state index in [9.17, 15) is 28.4 Å². The zero-order valence-corrected chi connectivity index (χ0v) is 23.2. The highest BCUT2D eigenvalue weighted by Crippen LogP contribution is 2.38. The molecule has 2 amide bonds. The molecule has 2 aliphatic rings. The third-order valence-corrected chi connectivity index (χ3v) is 7.38. The van der Waals surface area contributed by atoms with Crippen molar-refractivity contribution in [2.45, 2.75) is 32.0 Å². The van der Waals surface area contributed by atoms with Crippen molar-refractivity contribution in [2.75, 3.05) is 18.9 Å². The third-order valence-electron chi connectivity index (χ3n) is 6.73. The van der Waals surface area contributed by atoms with Gasteiger partial charge in [0.25, 0.3) is 11.8 Å². The second-order valence-electron chi connectivity index (χ2n) is 9.82. The van der Waals surface area contributed by atoms with Crippen LogP contribution in [0.2, 0.25) is 10.0 Å². The Kier molecular flexibility index (Phi) is 8.37. The maximum atomic E-state index is 13.2. The molecule has 220 valence electrons. The number of hydrogen-bond donors (Lipinski definition) is 1. The molecule has 0 bridgehead atoms. The lowest BCUT2D eigenvalue weighted by atomic mass is 10.0. The lowest BCUT2D eigenvalue weighted by Crippen LogP contribution is -2.36. The number of nitrogens with zero attached hydrogens (tertiary/aromatic N) is 2. The highest BCUT2D eigenvalue weighted by molar-refractivity contribution is 6.35. The van der Waals surface area contributed by atoms with Crippen molar-refractivity contribution < 1.29 is 42.1 Å². The van der Waals surface area contributed by atoms with Crippen LogP contribution in [0.1, 0.15) is 50.8 Å². The predicted octanol–water partition coefficient (Wildman–Crippen LogP) is 4.72. The van der Waals surface area contributed by atoms with Gasteiger partial charge >= 0.3 is 12.6 Å². The third kappa shape index (κ3) is 6.50. The van der Waals surface area contributed by atoms with E-state index in [2.05, 4.69) is 4.74 Å². The molecule has 14 heteroatoms. The van der Waals surface area contributed by atoms with E-state index in [1.807, 2.05) is 0 Å². The molecule has 3 aromatic rings. The number of pyridine rings is 1. The van der Waals surface area contributed by atoms with E-state index in [1.165, 1.54) is 36.4 Å². The molecule has 1 fully saturated rings. The SMILES string of the molecule is Nc1ccc2c(c1)C(=O)N(CC(=O)O[C@@H](Cc1c(Cl)c[n+]([O-])cc1Cl)c1ccc(OC(F)F)c(OCC3CC3)c1)C2=O. The van der Waals surface area contributed by atoms with E-state index >= 15 is 0 Å². The van der Waals surface area contributed by atoms with Crippen LogP contribution in [0.15, 0.2) is 48.8 Å². The lowest BCUT2D eigenvalue weighted by Gasteiger charge is -2.22. The molecule has 2 heterocycles. The molecular weight excluding hydrogens is 599 g/mol. The summed E-state index contributed by atoms with van der Waals surface area (Å²) in [6, 6.07) is 8.23. The van der Waals surface area contributed by atoms with Gasteiger partial charge in [-0.25, -0.2) is 0 Å². The first-order valence-corrected chi connectivity index (χ1v) is 13.5. The quantitative estimate of drug-likeness (QED) is 0.107. The van der Waals surface area contributed by atoms with Gasteiger partial charge in [0.05, 0.1) is 17.7 Å². The normalized spacial score (nSPS) is 15.1. The zero-order chi connectivity index (χ0) is 30.1. The number of benzene rings is 2. The number of rotatable bonds is 11. The minimum atomic E-state index is -3.11. The summed E-state index contributed by atoms with van der Waals surface area (Å²) in [4.78, 5) is 39.6. The first kappa shape index (κ1) is 29.3. The summed E-state index contributed by atoms with van der Waals surface area (Å²) in [5.41, 5.74) is 6.71. The molecule has 10 nitrogen and oxygen atoms in total. The van der Waals surface area contributed by atoms with Crippen LogP contribution in [0, 0.1) is 11.1 Å². The van der Waals surface area contributed by atoms with Gasteiger partial charge in [-0.15, -0.1) is 0 Å². The fourth-order valence-corrected chi connectivity index (χ4v) is 5.04. The molecule has 0 spiro atoms. The van der Waals surface area contributed by atoms with Crippen LogP contribution in [-0.4, -0.2) is 42.4 Å². The molecule has 5 rings (SSSR count). The fourth-order valence-electron chi connectivity index (χ4n) is 4.44. The number of alkyl halides is 2. The monoisotopic (exact) mass is 621 g/mol. The molecule has 1 aromatic heterocycles. The summed E-state index contributed by atoms with van der Waals surface area (Å²) >= 11 is 12.5. The number of anilines is 1. The van der Waals surface area contributed by atoms with Crippen LogP contribution in [0.5, 0.6) is 11.5 Å². The Morgan fingerprint density at radius 3 is 2.40 bits per heavy atom. The predicted molar refractivity (Wildman–Crippen MR) is 145 cm³/mol. The van der Waals surface area contributed by atoms with Gasteiger partial charge in [-0.05, 0) is 54.7 Å². The zero-order valence-electron chi connectivity index (χ0n) is 21.7. The highest BCUT2D eigenvalue weighted by Gasteiger charge is 2.38. The second kappa shape index (κ2) is 12.0. The Balaban J connectivity index is 1.43. The number of nitrogen functional groups attached to an aromatic ring is 1. The van der Waals surface area contributed by atoms with E-state index in [0.717, 1.165) is 30.1 Å². The van der Waals surface area contributed by atoms with Crippen LogP contribution in [0.4, 0.5) is 14.5 Å². The van der Waals surface area contributed by atoms with Crippen LogP contribution in [0.3, 0.4) is 0 Å².